The van der Waals surface area contributed by atoms with Crippen molar-refractivity contribution in [2.24, 2.45) is 0 Å². The second kappa shape index (κ2) is 10.2. The van der Waals surface area contributed by atoms with Crippen LogP contribution in [0, 0.1) is 0 Å². The molecule has 0 radical (unpaired) electrons. The Labute approximate surface area is 178 Å². The van der Waals surface area contributed by atoms with E-state index >= 15 is 0 Å². The van der Waals surface area contributed by atoms with Crippen molar-refractivity contribution in [1.29, 1.82) is 0 Å². The molecule has 29 heavy (non-hydrogen) atoms. The molecule has 0 spiro atoms. The number of halogens is 1. The molecule has 1 fully saturated rings. The van der Waals surface area contributed by atoms with Crippen LogP contribution in [0.2, 0.25) is 5.02 Å². The van der Waals surface area contributed by atoms with Crippen molar-refractivity contribution in [2.45, 2.75) is 40.0 Å². The van der Waals surface area contributed by atoms with Gasteiger partial charge in [-0.15, -0.1) is 0 Å². The van der Waals surface area contributed by atoms with Crippen LogP contribution in [0.25, 0.3) is 10.9 Å². The first-order valence-corrected chi connectivity index (χ1v) is 11.3. The van der Waals surface area contributed by atoms with Gasteiger partial charge in [0.15, 0.2) is 0 Å². The SMILES string of the molecule is CCCN(CCC(=O)N1CC[NH+](CC)CC1)c1nc(CC)nc2cc(Cl)ccc12. The molecule has 1 N–H and O–H groups in total. The lowest BCUT2D eigenvalue weighted by Gasteiger charge is -2.32. The molecule has 1 amide bonds. The summed E-state index contributed by atoms with van der Waals surface area (Å²) in [5.74, 6) is 1.97. The van der Waals surface area contributed by atoms with Crippen LogP contribution in [0.3, 0.4) is 0 Å². The summed E-state index contributed by atoms with van der Waals surface area (Å²) in [5, 5.41) is 1.67. The molecule has 1 aliphatic heterocycles. The number of hydrogen-bond donors (Lipinski definition) is 1. The summed E-state index contributed by atoms with van der Waals surface area (Å²) in [6, 6.07) is 5.77. The Morgan fingerprint density at radius 3 is 2.59 bits per heavy atom. The zero-order valence-corrected chi connectivity index (χ0v) is 18.6. The topological polar surface area (TPSA) is 53.8 Å². The fourth-order valence-corrected chi connectivity index (χ4v) is 4.11. The van der Waals surface area contributed by atoms with Crippen LogP contribution in [0.5, 0.6) is 0 Å². The predicted molar refractivity (Wildman–Crippen MR) is 119 cm³/mol. The number of quaternary nitrogens is 1. The van der Waals surface area contributed by atoms with Gasteiger partial charge in [-0.1, -0.05) is 25.4 Å². The highest BCUT2D eigenvalue weighted by Gasteiger charge is 2.23. The van der Waals surface area contributed by atoms with E-state index in [0.29, 0.717) is 18.0 Å². The first-order chi connectivity index (χ1) is 14.0. The van der Waals surface area contributed by atoms with Gasteiger partial charge in [-0.2, -0.15) is 0 Å². The zero-order valence-electron chi connectivity index (χ0n) is 17.9. The fraction of sp³-hybridized carbons (Fsp3) is 0.591. The van der Waals surface area contributed by atoms with Gasteiger partial charge < -0.3 is 14.7 Å². The molecular formula is C22H33ClN5O+. The number of anilines is 1. The van der Waals surface area contributed by atoms with E-state index in [-0.39, 0.29) is 5.91 Å². The summed E-state index contributed by atoms with van der Waals surface area (Å²) < 4.78 is 0. The Bertz CT molecular complexity index is 835. The van der Waals surface area contributed by atoms with Crippen molar-refractivity contribution < 1.29 is 9.69 Å². The Morgan fingerprint density at radius 2 is 1.93 bits per heavy atom. The summed E-state index contributed by atoms with van der Waals surface area (Å²) in [6.07, 6.45) is 2.27. The molecule has 158 valence electrons. The largest absolute Gasteiger partial charge is 0.355 e. The molecule has 1 saturated heterocycles. The van der Waals surface area contributed by atoms with Gasteiger partial charge in [-0.25, -0.2) is 9.97 Å². The van der Waals surface area contributed by atoms with Crippen molar-refractivity contribution >= 4 is 34.2 Å². The normalized spacial score (nSPS) is 15.1. The number of nitrogens with one attached hydrogen (secondary N) is 1. The lowest BCUT2D eigenvalue weighted by atomic mass is 10.2. The van der Waals surface area contributed by atoms with Crippen molar-refractivity contribution in [3.8, 4) is 0 Å². The van der Waals surface area contributed by atoms with Crippen LogP contribution in [-0.4, -0.2) is 66.6 Å². The third-order valence-electron chi connectivity index (χ3n) is 5.71. The van der Waals surface area contributed by atoms with E-state index < -0.39 is 0 Å². The number of fused-ring (bicyclic) bond motifs is 1. The molecule has 1 aromatic heterocycles. The third kappa shape index (κ3) is 5.37. The first kappa shape index (κ1) is 21.8. The Morgan fingerprint density at radius 1 is 1.17 bits per heavy atom. The van der Waals surface area contributed by atoms with Gasteiger partial charge in [0.25, 0.3) is 0 Å². The summed E-state index contributed by atoms with van der Waals surface area (Å²) in [6.45, 7) is 12.9. The van der Waals surface area contributed by atoms with E-state index in [1.165, 1.54) is 0 Å². The number of likely N-dealkylation sites (N-methyl/N-ethyl adjacent to an activating group) is 1. The Hall–Kier alpha value is -1.92. The smallest absolute Gasteiger partial charge is 0.224 e. The first-order valence-electron chi connectivity index (χ1n) is 10.9. The van der Waals surface area contributed by atoms with Gasteiger partial charge in [-0.05, 0) is 31.5 Å². The Balaban J connectivity index is 1.77. The monoisotopic (exact) mass is 418 g/mol. The standard InChI is InChI=1S/C22H32ClN5O/c1-4-10-28(11-9-21(29)27-14-12-26(6-3)13-15-27)22-18-8-7-17(23)16-19(18)24-20(5-2)25-22/h7-8,16H,4-6,9-15H2,1-3H3/p+1. The highest BCUT2D eigenvalue weighted by molar-refractivity contribution is 6.31. The van der Waals surface area contributed by atoms with E-state index in [1.807, 2.05) is 23.1 Å². The second-order valence-electron chi connectivity index (χ2n) is 7.70. The average Bonchev–Trinajstić information content (AvgIpc) is 2.75. The maximum atomic E-state index is 12.8. The number of benzene rings is 1. The zero-order chi connectivity index (χ0) is 20.8. The average molecular weight is 419 g/mol. The van der Waals surface area contributed by atoms with Crippen LogP contribution in [-0.2, 0) is 11.2 Å². The van der Waals surface area contributed by atoms with Crippen molar-refractivity contribution in [3.05, 3.63) is 29.0 Å². The van der Waals surface area contributed by atoms with Crippen LogP contribution in [0.4, 0.5) is 5.82 Å². The molecule has 3 rings (SSSR count). The number of hydrogen-bond acceptors (Lipinski definition) is 4. The van der Waals surface area contributed by atoms with Gasteiger partial charge in [-0.3, -0.25) is 4.79 Å². The van der Waals surface area contributed by atoms with Gasteiger partial charge in [0.05, 0.1) is 38.2 Å². The van der Waals surface area contributed by atoms with Gasteiger partial charge in [0.2, 0.25) is 5.91 Å². The molecule has 7 heteroatoms. The fourth-order valence-electron chi connectivity index (χ4n) is 3.94. The van der Waals surface area contributed by atoms with Crippen LogP contribution in [0.1, 0.15) is 39.4 Å². The molecule has 0 unspecified atom stereocenters. The van der Waals surface area contributed by atoms with Gasteiger partial charge >= 0.3 is 0 Å². The number of carbonyl (C=O) groups is 1. The van der Waals surface area contributed by atoms with Crippen LogP contribution >= 0.6 is 11.6 Å². The van der Waals surface area contributed by atoms with Crippen molar-refractivity contribution in [1.82, 2.24) is 14.9 Å². The number of piperazine rings is 1. The Kier molecular flexibility index (Phi) is 7.67. The highest BCUT2D eigenvalue weighted by atomic mass is 35.5. The molecule has 2 aromatic rings. The van der Waals surface area contributed by atoms with E-state index in [1.54, 1.807) is 4.90 Å². The van der Waals surface area contributed by atoms with Crippen LogP contribution in [0.15, 0.2) is 18.2 Å². The lowest BCUT2D eigenvalue weighted by Crippen LogP contribution is -3.14. The summed E-state index contributed by atoms with van der Waals surface area (Å²) in [4.78, 5) is 28.1. The molecule has 0 aliphatic carbocycles. The summed E-state index contributed by atoms with van der Waals surface area (Å²) in [7, 11) is 0. The molecule has 6 nitrogen and oxygen atoms in total. The minimum atomic E-state index is 0.248. The molecule has 0 bridgehead atoms. The molecule has 2 heterocycles. The molecule has 0 saturated carbocycles. The number of carbonyl (C=O) groups excluding carboxylic acids is 1. The van der Waals surface area contributed by atoms with Gasteiger partial charge in [0, 0.05) is 36.3 Å². The minimum Gasteiger partial charge on any atom is -0.355 e. The van der Waals surface area contributed by atoms with Crippen molar-refractivity contribution in [3.63, 3.8) is 0 Å². The molecule has 1 aliphatic rings. The number of amides is 1. The molecular weight excluding hydrogens is 386 g/mol. The minimum absolute atomic E-state index is 0.248. The lowest BCUT2D eigenvalue weighted by molar-refractivity contribution is -0.902. The number of aromatic nitrogens is 2. The number of aryl methyl sites for hydroxylation is 1. The molecule has 0 atom stereocenters. The highest BCUT2D eigenvalue weighted by Crippen LogP contribution is 2.27. The third-order valence-corrected chi connectivity index (χ3v) is 5.95. The summed E-state index contributed by atoms with van der Waals surface area (Å²) in [5.41, 5.74) is 0.866. The maximum Gasteiger partial charge on any atom is 0.224 e. The van der Waals surface area contributed by atoms with E-state index in [4.69, 9.17) is 16.6 Å². The van der Waals surface area contributed by atoms with Gasteiger partial charge in [0.1, 0.15) is 11.6 Å². The van der Waals surface area contributed by atoms with E-state index in [9.17, 15) is 4.79 Å². The number of rotatable bonds is 8. The van der Waals surface area contributed by atoms with Crippen molar-refractivity contribution in [2.75, 3.05) is 50.7 Å². The quantitative estimate of drug-likeness (QED) is 0.714. The summed E-state index contributed by atoms with van der Waals surface area (Å²) >= 11 is 6.19. The van der Waals surface area contributed by atoms with Crippen LogP contribution < -0.4 is 9.80 Å². The predicted octanol–water partition coefficient (Wildman–Crippen LogP) is 2.20. The van der Waals surface area contributed by atoms with E-state index in [2.05, 4.69) is 30.7 Å². The van der Waals surface area contributed by atoms with E-state index in [0.717, 1.165) is 74.7 Å². The maximum absolute atomic E-state index is 12.8. The second-order valence-corrected chi connectivity index (χ2v) is 8.14. The molecule has 1 aromatic carbocycles. The number of nitrogens with zero attached hydrogens (tertiary/aromatic N) is 4.